The third-order valence-electron chi connectivity index (χ3n) is 9.54. The Morgan fingerprint density at radius 1 is 0.870 bits per heavy atom. The van der Waals surface area contributed by atoms with Gasteiger partial charge in [-0.25, -0.2) is 0 Å². The number of carbonyl (C=O) groups is 1. The van der Waals surface area contributed by atoms with Crippen molar-refractivity contribution in [3.63, 3.8) is 0 Å². The number of nitrogens with zero attached hydrogens (tertiary/aromatic N) is 1. The van der Waals surface area contributed by atoms with Gasteiger partial charge in [-0.3, -0.25) is 4.79 Å². The Balaban J connectivity index is 1.64. The molecule has 0 aromatic heterocycles. The average molecular weight is 671 g/mol. The summed E-state index contributed by atoms with van der Waals surface area (Å²) in [5, 5.41) is 3.64. The van der Waals surface area contributed by atoms with Crippen LogP contribution in [0.15, 0.2) is 122 Å². The first-order valence-electron chi connectivity index (χ1n) is 16.3. The van der Waals surface area contributed by atoms with Crippen LogP contribution in [0, 0.1) is 5.92 Å². The Morgan fingerprint density at radius 3 is 2.00 bits per heavy atom. The second-order valence-corrected chi connectivity index (χ2v) is 18.6. The van der Waals surface area contributed by atoms with Crippen LogP contribution in [0.5, 0.6) is 0 Å². The Kier molecular flexibility index (Phi) is 10.9. The molecule has 1 heterocycles. The van der Waals surface area contributed by atoms with Crippen molar-refractivity contribution in [2.75, 3.05) is 6.61 Å². The quantitative estimate of drug-likeness (QED) is 0.118. The lowest BCUT2D eigenvalue weighted by atomic mass is 9.74. The lowest BCUT2D eigenvalue weighted by Gasteiger charge is -2.50. The zero-order valence-electron chi connectivity index (χ0n) is 27.3. The normalized spacial score (nSPS) is 19.6. The average Bonchev–Trinajstić information content (AvgIpc) is 3.05. The van der Waals surface area contributed by atoms with Crippen LogP contribution >= 0.6 is 23.2 Å². The van der Waals surface area contributed by atoms with Gasteiger partial charge in [0.05, 0.1) is 18.7 Å². The highest BCUT2D eigenvalue weighted by atomic mass is 35.5. The number of piperidine rings is 1. The highest BCUT2D eigenvalue weighted by Gasteiger charge is 2.51. The summed E-state index contributed by atoms with van der Waals surface area (Å²) >= 11 is 12.9. The summed E-state index contributed by atoms with van der Waals surface area (Å²) in [6, 6.07) is 37.1. The molecule has 4 atom stereocenters. The lowest BCUT2D eigenvalue weighted by molar-refractivity contribution is -0.147. The van der Waals surface area contributed by atoms with Gasteiger partial charge >= 0.3 is 0 Å². The van der Waals surface area contributed by atoms with Crippen LogP contribution in [0.4, 0.5) is 0 Å². The van der Waals surface area contributed by atoms with Crippen molar-refractivity contribution in [3.05, 3.63) is 143 Å². The zero-order chi connectivity index (χ0) is 32.9. The summed E-state index contributed by atoms with van der Waals surface area (Å²) < 4.78 is 7.46. The number of amides is 1. The molecule has 1 aliphatic rings. The van der Waals surface area contributed by atoms with Gasteiger partial charge in [0.15, 0.2) is 0 Å². The van der Waals surface area contributed by atoms with Gasteiger partial charge in [0.2, 0.25) is 5.91 Å². The van der Waals surface area contributed by atoms with E-state index in [1.54, 1.807) is 0 Å². The minimum atomic E-state index is -2.83. The summed E-state index contributed by atoms with van der Waals surface area (Å²) in [5.74, 6) is -0.00703. The molecule has 46 heavy (non-hydrogen) atoms. The number of benzene rings is 4. The molecule has 0 aliphatic carbocycles. The highest BCUT2D eigenvalue weighted by molar-refractivity contribution is 6.99. The molecule has 0 bridgehead atoms. The monoisotopic (exact) mass is 669 g/mol. The maximum atomic E-state index is 14.7. The first kappa shape index (κ1) is 34.2. The maximum Gasteiger partial charge on any atom is 0.261 e. The molecular weight excluding hydrogens is 625 g/mol. The van der Waals surface area contributed by atoms with Crippen molar-refractivity contribution in [3.8, 4) is 0 Å². The fourth-order valence-electron chi connectivity index (χ4n) is 7.37. The summed E-state index contributed by atoms with van der Waals surface area (Å²) in [4.78, 5) is 16.8. The van der Waals surface area contributed by atoms with Gasteiger partial charge in [-0.15, -0.1) is 6.58 Å². The fourth-order valence-corrected chi connectivity index (χ4v) is 12.3. The van der Waals surface area contributed by atoms with Crippen molar-refractivity contribution in [2.24, 2.45) is 5.92 Å². The molecule has 0 radical (unpaired) electrons. The number of halogens is 2. The third-order valence-corrected chi connectivity index (χ3v) is 15.0. The Labute approximate surface area is 286 Å². The Morgan fingerprint density at radius 2 is 1.48 bits per heavy atom. The van der Waals surface area contributed by atoms with E-state index < -0.39 is 8.32 Å². The number of hydrogen-bond donors (Lipinski definition) is 0. The molecule has 6 heteroatoms. The Hall–Kier alpha value is -3.15. The van der Waals surface area contributed by atoms with E-state index in [9.17, 15) is 4.79 Å². The van der Waals surface area contributed by atoms with Crippen molar-refractivity contribution in [2.45, 2.75) is 70.0 Å². The van der Waals surface area contributed by atoms with Gasteiger partial charge in [0, 0.05) is 21.9 Å². The molecule has 0 N–H and O–H groups in total. The molecule has 1 aliphatic heterocycles. The summed E-state index contributed by atoms with van der Waals surface area (Å²) in [7, 11) is -2.83. The predicted octanol–water partition coefficient (Wildman–Crippen LogP) is 9.60. The van der Waals surface area contributed by atoms with E-state index in [2.05, 4.69) is 118 Å². The Bertz CT molecular complexity index is 1560. The standard InChI is InChI=1S/C40H45Cl2NO2Si/c1-6-15-31-27-37(30-16-14-17-33(42)26-30)38(29-22-24-32(41)25-23-29)43(39(31)44)34(7-2)28-45-46(40(3,4)5,35-18-10-8-11-19-35)36-20-12-9-13-21-36/h6,8-14,16-26,31,34,37-38H,1,7,15,27-28H2,2-5H3/t31-,34?,37?,38-/m1/s1. The summed E-state index contributed by atoms with van der Waals surface area (Å²) in [6.45, 7) is 13.5. The van der Waals surface area contributed by atoms with E-state index in [0.717, 1.165) is 17.5 Å². The van der Waals surface area contributed by atoms with Crippen LogP contribution in [-0.2, 0) is 9.22 Å². The van der Waals surface area contributed by atoms with Crippen LogP contribution in [0.25, 0.3) is 0 Å². The molecule has 0 saturated carbocycles. The van der Waals surface area contributed by atoms with Gasteiger partial charge < -0.3 is 9.33 Å². The van der Waals surface area contributed by atoms with Gasteiger partial charge in [-0.2, -0.15) is 0 Å². The minimum absolute atomic E-state index is 0.0319. The number of carbonyl (C=O) groups excluding carboxylic acids is 1. The molecule has 4 aromatic rings. The first-order chi connectivity index (χ1) is 22.1. The molecule has 2 unspecified atom stereocenters. The molecule has 1 saturated heterocycles. The molecule has 0 spiro atoms. The van der Waals surface area contributed by atoms with E-state index in [4.69, 9.17) is 27.6 Å². The fraction of sp³-hybridized carbons (Fsp3) is 0.325. The summed E-state index contributed by atoms with van der Waals surface area (Å²) in [5.41, 5.74) is 2.19. The van der Waals surface area contributed by atoms with Crippen LogP contribution < -0.4 is 10.4 Å². The van der Waals surface area contributed by atoms with Gasteiger partial charge in [0.25, 0.3) is 8.32 Å². The van der Waals surface area contributed by atoms with Crippen molar-refractivity contribution in [1.29, 1.82) is 0 Å². The molecule has 3 nitrogen and oxygen atoms in total. The van der Waals surface area contributed by atoms with Crippen LogP contribution in [0.3, 0.4) is 0 Å². The zero-order valence-corrected chi connectivity index (χ0v) is 29.8. The lowest BCUT2D eigenvalue weighted by Crippen LogP contribution is -2.67. The molecule has 1 fully saturated rings. The molecule has 4 aromatic carbocycles. The van der Waals surface area contributed by atoms with E-state index in [1.807, 2.05) is 36.4 Å². The third kappa shape index (κ3) is 6.91. The second-order valence-electron chi connectivity index (χ2n) is 13.4. The maximum absolute atomic E-state index is 14.7. The van der Waals surface area contributed by atoms with Crippen LogP contribution in [0.1, 0.15) is 70.0 Å². The number of rotatable bonds is 11. The van der Waals surface area contributed by atoms with E-state index >= 15 is 0 Å². The molecule has 240 valence electrons. The van der Waals surface area contributed by atoms with Gasteiger partial charge in [0.1, 0.15) is 0 Å². The van der Waals surface area contributed by atoms with Crippen molar-refractivity contribution in [1.82, 2.24) is 4.90 Å². The van der Waals surface area contributed by atoms with Gasteiger partial charge in [-0.05, 0) is 70.1 Å². The largest absolute Gasteiger partial charge is 0.405 e. The number of hydrogen-bond acceptors (Lipinski definition) is 2. The smallest absolute Gasteiger partial charge is 0.261 e. The predicted molar refractivity (Wildman–Crippen MR) is 196 cm³/mol. The molecule has 1 amide bonds. The summed E-state index contributed by atoms with van der Waals surface area (Å²) in [6.07, 6.45) is 3.95. The highest BCUT2D eigenvalue weighted by Crippen LogP contribution is 2.48. The van der Waals surface area contributed by atoms with E-state index in [0.29, 0.717) is 29.5 Å². The minimum Gasteiger partial charge on any atom is -0.405 e. The van der Waals surface area contributed by atoms with E-state index in [-0.39, 0.29) is 34.9 Å². The van der Waals surface area contributed by atoms with Gasteiger partial charge in [-0.1, -0.05) is 142 Å². The SMILES string of the molecule is C=CC[C@@H]1CC(c2cccc(Cl)c2)[C@@H](c2ccc(Cl)cc2)N(C(CC)CO[Si](c2ccccc2)(c2ccccc2)C(C)(C)C)C1=O. The first-order valence-corrected chi connectivity index (χ1v) is 19.0. The topological polar surface area (TPSA) is 29.5 Å². The van der Waals surface area contributed by atoms with Crippen LogP contribution in [0.2, 0.25) is 15.1 Å². The number of allylic oxidation sites excluding steroid dienone is 1. The molecule has 5 rings (SSSR count). The van der Waals surface area contributed by atoms with Crippen molar-refractivity contribution < 1.29 is 9.22 Å². The van der Waals surface area contributed by atoms with E-state index in [1.165, 1.54) is 10.4 Å². The second kappa shape index (κ2) is 14.7. The van der Waals surface area contributed by atoms with Crippen LogP contribution in [-0.4, -0.2) is 31.8 Å². The number of likely N-dealkylation sites (tertiary alicyclic amines) is 1. The van der Waals surface area contributed by atoms with Crippen molar-refractivity contribution >= 4 is 47.8 Å². The molecular formula is C40H45Cl2NO2Si.